The molecule has 2 unspecified atom stereocenters. The summed E-state index contributed by atoms with van der Waals surface area (Å²) in [6.45, 7) is 7.88. The Morgan fingerprint density at radius 3 is 2.33 bits per heavy atom. The molecular weight excluding hydrogens is 284 g/mol. The molecule has 2 atom stereocenters. The number of sulfonamides is 1. The lowest BCUT2D eigenvalue weighted by molar-refractivity contribution is 0.222. The van der Waals surface area contributed by atoms with Crippen molar-refractivity contribution >= 4 is 10.0 Å². The van der Waals surface area contributed by atoms with E-state index in [0.717, 1.165) is 24.0 Å². The lowest BCUT2D eigenvalue weighted by Crippen LogP contribution is -2.42. The van der Waals surface area contributed by atoms with Crippen LogP contribution in [0, 0.1) is 11.8 Å². The number of nitrogens with two attached hydrogens (primary N) is 1. The van der Waals surface area contributed by atoms with Gasteiger partial charge in [-0.15, -0.1) is 0 Å². The second kappa shape index (κ2) is 6.46. The Kier molecular flexibility index (Phi) is 5.07. The van der Waals surface area contributed by atoms with Gasteiger partial charge in [-0.05, 0) is 47.9 Å². The Morgan fingerprint density at radius 1 is 1.19 bits per heavy atom. The van der Waals surface area contributed by atoms with E-state index in [4.69, 9.17) is 5.73 Å². The maximum Gasteiger partial charge on any atom is 0.243 e. The zero-order valence-electron chi connectivity index (χ0n) is 13.2. The zero-order valence-corrected chi connectivity index (χ0v) is 14.0. The quantitative estimate of drug-likeness (QED) is 0.928. The number of piperidine rings is 1. The maximum atomic E-state index is 12.8. The average Bonchev–Trinajstić information content (AvgIpc) is 2.45. The Morgan fingerprint density at radius 2 is 1.81 bits per heavy atom. The lowest BCUT2D eigenvalue weighted by atomic mass is 9.94. The summed E-state index contributed by atoms with van der Waals surface area (Å²) >= 11 is 0. The molecule has 2 rings (SSSR count). The molecule has 1 aliphatic heterocycles. The van der Waals surface area contributed by atoms with Gasteiger partial charge in [0.1, 0.15) is 0 Å². The molecule has 0 radical (unpaired) electrons. The first kappa shape index (κ1) is 16.5. The molecule has 1 aliphatic rings. The van der Waals surface area contributed by atoms with Gasteiger partial charge in [-0.3, -0.25) is 0 Å². The maximum absolute atomic E-state index is 12.8. The predicted octanol–water partition coefficient (Wildman–Crippen LogP) is 2.37. The van der Waals surface area contributed by atoms with E-state index in [9.17, 15) is 8.42 Å². The number of hydrogen-bond donors (Lipinski definition) is 1. The van der Waals surface area contributed by atoms with Gasteiger partial charge in [0, 0.05) is 19.6 Å². The first-order valence-electron chi connectivity index (χ1n) is 7.70. The van der Waals surface area contributed by atoms with Crippen LogP contribution < -0.4 is 5.73 Å². The fourth-order valence-corrected chi connectivity index (χ4v) is 4.98. The van der Waals surface area contributed by atoms with E-state index >= 15 is 0 Å². The van der Waals surface area contributed by atoms with E-state index < -0.39 is 10.0 Å². The van der Waals surface area contributed by atoms with Crippen molar-refractivity contribution in [1.29, 1.82) is 0 Å². The standard InChI is InChI=1S/C16H26N2O2S/c1-4-14-5-6-16(8-15(14)9-17)21(19,20)18-10-12(2)7-13(3)11-18/h5-6,8,12-13H,4,7,9-11,17H2,1-3H3. The summed E-state index contributed by atoms with van der Waals surface area (Å²) in [6.07, 6.45) is 1.96. The molecule has 4 nitrogen and oxygen atoms in total. The van der Waals surface area contributed by atoms with E-state index in [1.807, 2.05) is 6.07 Å². The van der Waals surface area contributed by atoms with Crippen LogP contribution in [0.5, 0.6) is 0 Å². The fraction of sp³-hybridized carbons (Fsp3) is 0.625. The fourth-order valence-electron chi connectivity index (χ4n) is 3.25. The van der Waals surface area contributed by atoms with Crippen LogP contribution >= 0.6 is 0 Å². The summed E-state index contributed by atoms with van der Waals surface area (Å²) in [5.41, 5.74) is 7.80. The minimum Gasteiger partial charge on any atom is -0.326 e. The molecule has 0 bridgehead atoms. The molecular formula is C16H26N2O2S. The van der Waals surface area contributed by atoms with Gasteiger partial charge < -0.3 is 5.73 Å². The number of benzene rings is 1. The highest BCUT2D eigenvalue weighted by Gasteiger charge is 2.31. The molecule has 1 fully saturated rings. The van der Waals surface area contributed by atoms with E-state index in [1.165, 1.54) is 0 Å². The van der Waals surface area contributed by atoms with Crippen LogP contribution in [0.25, 0.3) is 0 Å². The molecule has 1 saturated heterocycles. The number of aryl methyl sites for hydroxylation is 1. The first-order chi connectivity index (χ1) is 9.88. The Hall–Kier alpha value is -0.910. The van der Waals surface area contributed by atoms with Crippen molar-refractivity contribution in [2.24, 2.45) is 17.6 Å². The van der Waals surface area contributed by atoms with Crippen LogP contribution in [-0.4, -0.2) is 25.8 Å². The van der Waals surface area contributed by atoms with Crippen LogP contribution in [0.3, 0.4) is 0 Å². The van der Waals surface area contributed by atoms with Gasteiger partial charge >= 0.3 is 0 Å². The predicted molar refractivity (Wildman–Crippen MR) is 85.4 cm³/mol. The lowest BCUT2D eigenvalue weighted by Gasteiger charge is -2.34. The third-order valence-corrected chi connectivity index (χ3v) is 6.08. The highest BCUT2D eigenvalue weighted by atomic mass is 32.2. The normalized spacial score (nSPS) is 24.2. The minimum atomic E-state index is -3.41. The third kappa shape index (κ3) is 3.47. The Bertz CT molecular complexity index is 588. The van der Waals surface area contributed by atoms with Crippen molar-refractivity contribution in [2.75, 3.05) is 13.1 Å². The Balaban J connectivity index is 2.35. The van der Waals surface area contributed by atoms with Crippen LogP contribution in [0.1, 0.15) is 38.3 Å². The molecule has 1 aromatic rings. The van der Waals surface area contributed by atoms with E-state index in [0.29, 0.717) is 36.4 Å². The van der Waals surface area contributed by atoms with Gasteiger partial charge in [0.2, 0.25) is 10.0 Å². The first-order valence-corrected chi connectivity index (χ1v) is 9.14. The molecule has 0 amide bonds. The summed E-state index contributed by atoms with van der Waals surface area (Å²) in [4.78, 5) is 0.376. The highest BCUT2D eigenvalue weighted by molar-refractivity contribution is 7.89. The Labute approximate surface area is 128 Å². The topological polar surface area (TPSA) is 63.4 Å². The van der Waals surface area contributed by atoms with Gasteiger partial charge in [0.05, 0.1) is 4.90 Å². The van der Waals surface area contributed by atoms with Crippen LogP contribution in [0.2, 0.25) is 0 Å². The largest absolute Gasteiger partial charge is 0.326 e. The third-order valence-electron chi connectivity index (χ3n) is 4.25. The van der Waals surface area contributed by atoms with Crippen LogP contribution in [-0.2, 0) is 23.0 Å². The average molecular weight is 310 g/mol. The van der Waals surface area contributed by atoms with Crippen molar-refractivity contribution in [1.82, 2.24) is 4.31 Å². The molecule has 1 heterocycles. The smallest absolute Gasteiger partial charge is 0.243 e. The van der Waals surface area contributed by atoms with E-state index in [2.05, 4.69) is 20.8 Å². The number of rotatable bonds is 4. The van der Waals surface area contributed by atoms with Gasteiger partial charge in [-0.25, -0.2) is 8.42 Å². The molecule has 21 heavy (non-hydrogen) atoms. The highest BCUT2D eigenvalue weighted by Crippen LogP contribution is 2.27. The second-order valence-corrected chi connectivity index (χ2v) is 8.19. The van der Waals surface area contributed by atoms with Gasteiger partial charge in [-0.2, -0.15) is 4.31 Å². The summed E-state index contributed by atoms with van der Waals surface area (Å²) in [5.74, 6) is 0.819. The van der Waals surface area contributed by atoms with Gasteiger partial charge in [0.15, 0.2) is 0 Å². The SMILES string of the molecule is CCc1ccc(S(=O)(=O)N2CC(C)CC(C)C2)cc1CN. The summed E-state index contributed by atoms with van der Waals surface area (Å²) in [7, 11) is -3.41. The molecule has 2 N–H and O–H groups in total. The molecule has 0 aliphatic carbocycles. The van der Waals surface area contributed by atoms with Crippen molar-refractivity contribution in [2.45, 2.75) is 45.1 Å². The number of nitrogens with zero attached hydrogens (tertiary/aromatic N) is 1. The van der Waals surface area contributed by atoms with E-state index in [-0.39, 0.29) is 0 Å². The molecule has 0 saturated carbocycles. The summed E-state index contributed by atoms with van der Waals surface area (Å²) in [5, 5.41) is 0. The van der Waals surface area contributed by atoms with Gasteiger partial charge in [0.25, 0.3) is 0 Å². The van der Waals surface area contributed by atoms with Crippen LogP contribution in [0.15, 0.2) is 23.1 Å². The number of hydrogen-bond acceptors (Lipinski definition) is 3. The van der Waals surface area contributed by atoms with Crippen molar-refractivity contribution in [3.8, 4) is 0 Å². The second-order valence-electron chi connectivity index (χ2n) is 6.26. The summed E-state index contributed by atoms with van der Waals surface area (Å²) in [6, 6.07) is 5.36. The summed E-state index contributed by atoms with van der Waals surface area (Å²) < 4.78 is 27.3. The van der Waals surface area contributed by atoms with Crippen LogP contribution in [0.4, 0.5) is 0 Å². The monoisotopic (exact) mass is 310 g/mol. The molecule has 0 spiro atoms. The van der Waals surface area contributed by atoms with Gasteiger partial charge in [-0.1, -0.05) is 26.8 Å². The van der Waals surface area contributed by atoms with Crippen molar-refractivity contribution in [3.05, 3.63) is 29.3 Å². The van der Waals surface area contributed by atoms with Crippen molar-refractivity contribution < 1.29 is 8.42 Å². The minimum absolute atomic E-state index is 0.374. The zero-order chi connectivity index (χ0) is 15.6. The molecule has 5 heteroatoms. The van der Waals surface area contributed by atoms with E-state index in [1.54, 1.807) is 16.4 Å². The molecule has 118 valence electrons. The van der Waals surface area contributed by atoms with Crippen molar-refractivity contribution in [3.63, 3.8) is 0 Å². The molecule has 1 aromatic carbocycles. The molecule has 0 aromatic heterocycles.